The first-order valence-electron chi connectivity index (χ1n) is 6.28. The van der Waals surface area contributed by atoms with E-state index in [-0.39, 0.29) is 0 Å². The third kappa shape index (κ3) is 4.46. The number of nitrogens with one attached hydrogen (secondary N) is 2. The normalized spacial score (nSPS) is 14.5. The van der Waals surface area contributed by atoms with Crippen LogP contribution in [0.5, 0.6) is 0 Å². The van der Waals surface area contributed by atoms with Crippen LogP contribution in [0.4, 0.5) is 0 Å². The smallest absolute Gasteiger partial charge is 0.0587 e. The van der Waals surface area contributed by atoms with Crippen LogP contribution in [0.25, 0.3) is 0 Å². The third-order valence-corrected chi connectivity index (χ3v) is 3.02. The van der Waals surface area contributed by atoms with Crippen molar-refractivity contribution in [3.05, 3.63) is 35.9 Å². The van der Waals surface area contributed by atoms with E-state index in [1.54, 1.807) is 7.11 Å². The summed E-state index contributed by atoms with van der Waals surface area (Å²) in [5.74, 6) is 0. The lowest BCUT2D eigenvalue weighted by Crippen LogP contribution is -2.41. The van der Waals surface area contributed by atoms with Gasteiger partial charge in [0.15, 0.2) is 0 Å². The molecule has 1 rings (SSSR count). The minimum Gasteiger partial charge on any atom is -0.383 e. The Morgan fingerprint density at radius 3 is 2.47 bits per heavy atom. The van der Waals surface area contributed by atoms with E-state index in [1.807, 2.05) is 7.05 Å². The predicted molar refractivity (Wildman–Crippen MR) is 72.2 cm³/mol. The van der Waals surface area contributed by atoms with E-state index in [2.05, 4.69) is 47.9 Å². The number of rotatable bonds is 8. The summed E-state index contributed by atoms with van der Waals surface area (Å²) in [6.45, 7) is 3.85. The van der Waals surface area contributed by atoms with Crippen molar-refractivity contribution < 1.29 is 4.74 Å². The van der Waals surface area contributed by atoms with Crippen molar-refractivity contribution >= 4 is 0 Å². The maximum absolute atomic E-state index is 5.07. The molecule has 0 fully saturated rings. The van der Waals surface area contributed by atoms with Gasteiger partial charge >= 0.3 is 0 Å². The van der Waals surface area contributed by atoms with E-state index in [0.29, 0.717) is 12.1 Å². The Hall–Kier alpha value is -0.900. The van der Waals surface area contributed by atoms with Crippen LogP contribution in [0.15, 0.2) is 30.3 Å². The van der Waals surface area contributed by atoms with Gasteiger partial charge in [0.1, 0.15) is 0 Å². The van der Waals surface area contributed by atoms with Gasteiger partial charge in [0, 0.05) is 25.7 Å². The molecule has 2 unspecified atom stereocenters. The van der Waals surface area contributed by atoms with Crippen LogP contribution in [0.1, 0.15) is 24.9 Å². The molecule has 0 amide bonds. The molecule has 0 aliphatic heterocycles. The molecule has 0 aromatic heterocycles. The standard InChI is InChI=1S/C14H24N2O/c1-4-13(16-10-11-17-3)14(15-2)12-8-6-5-7-9-12/h5-9,13-16H,4,10-11H2,1-3H3. The predicted octanol–water partition coefficient (Wildman–Crippen LogP) is 1.96. The quantitative estimate of drug-likeness (QED) is 0.677. The molecule has 2 N–H and O–H groups in total. The largest absolute Gasteiger partial charge is 0.383 e. The number of hydrogen-bond donors (Lipinski definition) is 2. The van der Waals surface area contributed by atoms with Gasteiger partial charge in [0.05, 0.1) is 6.61 Å². The summed E-state index contributed by atoms with van der Waals surface area (Å²) >= 11 is 0. The fraction of sp³-hybridized carbons (Fsp3) is 0.571. The van der Waals surface area contributed by atoms with Crippen molar-refractivity contribution in [3.8, 4) is 0 Å². The lowest BCUT2D eigenvalue weighted by molar-refractivity contribution is 0.192. The molecule has 96 valence electrons. The topological polar surface area (TPSA) is 33.3 Å². The summed E-state index contributed by atoms with van der Waals surface area (Å²) in [5, 5.41) is 6.93. The molecule has 0 radical (unpaired) electrons. The first-order chi connectivity index (χ1) is 8.33. The number of ether oxygens (including phenoxy) is 1. The second kappa shape index (κ2) is 8.23. The summed E-state index contributed by atoms with van der Waals surface area (Å²) in [7, 11) is 3.74. The highest BCUT2D eigenvalue weighted by Gasteiger charge is 2.18. The molecule has 1 aromatic rings. The minimum absolute atomic E-state index is 0.345. The van der Waals surface area contributed by atoms with Crippen molar-refractivity contribution in [2.24, 2.45) is 0 Å². The summed E-state index contributed by atoms with van der Waals surface area (Å²) in [6, 6.07) is 11.3. The first-order valence-corrected chi connectivity index (χ1v) is 6.28. The van der Waals surface area contributed by atoms with Gasteiger partial charge in [0.25, 0.3) is 0 Å². The number of methoxy groups -OCH3 is 1. The van der Waals surface area contributed by atoms with Gasteiger partial charge in [-0.2, -0.15) is 0 Å². The van der Waals surface area contributed by atoms with E-state index in [9.17, 15) is 0 Å². The number of likely N-dealkylation sites (N-methyl/N-ethyl adjacent to an activating group) is 1. The van der Waals surface area contributed by atoms with Crippen molar-refractivity contribution in [1.82, 2.24) is 10.6 Å². The minimum atomic E-state index is 0.345. The van der Waals surface area contributed by atoms with E-state index in [0.717, 1.165) is 19.6 Å². The SMILES string of the molecule is CCC(NCCOC)C(NC)c1ccccc1. The van der Waals surface area contributed by atoms with Gasteiger partial charge in [-0.1, -0.05) is 37.3 Å². The fourth-order valence-electron chi connectivity index (χ4n) is 2.10. The first kappa shape index (κ1) is 14.2. The van der Waals surface area contributed by atoms with Crippen molar-refractivity contribution in [2.75, 3.05) is 27.3 Å². The molecule has 0 heterocycles. The lowest BCUT2D eigenvalue weighted by atomic mass is 9.97. The molecule has 0 saturated carbocycles. The van der Waals surface area contributed by atoms with Gasteiger partial charge in [-0.15, -0.1) is 0 Å². The van der Waals surface area contributed by atoms with Gasteiger partial charge < -0.3 is 15.4 Å². The van der Waals surface area contributed by atoms with E-state index < -0.39 is 0 Å². The zero-order valence-electron chi connectivity index (χ0n) is 11.1. The van der Waals surface area contributed by atoms with Crippen LogP contribution in [-0.4, -0.2) is 33.4 Å². The van der Waals surface area contributed by atoms with Gasteiger partial charge in [-0.05, 0) is 19.0 Å². The highest BCUT2D eigenvalue weighted by atomic mass is 16.5. The lowest BCUT2D eigenvalue weighted by Gasteiger charge is -2.27. The zero-order valence-corrected chi connectivity index (χ0v) is 11.1. The van der Waals surface area contributed by atoms with Crippen molar-refractivity contribution in [1.29, 1.82) is 0 Å². The Morgan fingerprint density at radius 2 is 1.94 bits per heavy atom. The molecule has 0 aliphatic carbocycles. The Labute approximate surface area is 105 Å². The van der Waals surface area contributed by atoms with Crippen LogP contribution < -0.4 is 10.6 Å². The van der Waals surface area contributed by atoms with Gasteiger partial charge in [0.2, 0.25) is 0 Å². The number of hydrogen-bond acceptors (Lipinski definition) is 3. The highest BCUT2D eigenvalue weighted by Crippen LogP contribution is 2.18. The molecule has 0 spiro atoms. The van der Waals surface area contributed by atoms with Crippen molar-refractivity contribution in [2.45, 2.75) is 25.4 Å². The molecular weight excluding hydrogens is 212 g/mol. The Kier molecular flexibility index (Phi) is 6.86. The van der Waals surface area contributed by atoms with Crippen molar-refractivity contribution in [3.63, 3.8) is 0 Å². The third-order valence-electron chi connectivity index (χ3n) is 3.02. The maximum atomic E-state index is 5.07. The summed E-state index contributed by atoms with van der Waals surface area (Å²) in [4.78, 5) is 0. The molecule has 3 heteroatoms. The fourth-order valence-corrected chi connectivity index (χ4v) is 2.10. The van der Waals surface area contributed by atoms with Crippen LogP contribution in [0, 0.1) is 0 Å². The molecule has 0 bridgehead atoms. The van der Waals surface area contributed by atoms with Crippen LogP contribution in [0.3, 0.4) is 0 Å². The second-order valence-electron chi connectivity index (χ2n) is 4.14. The summed E-state index contributed by atoms with van der Waals surface area (Å²) < 4.78 is 5.07. The number of benzene rings is 1. The highest BCUT2D eigenvalue weighted by molar-refractivity contribution is 5.20. The van der Waals surface area contributed by atoms with Crippen LogP contribution >= 0.6 is 0 Å². The molecule has 0 aliphatic rings. The second-order valence-corrected chi connectivity index (χ2v) is 4.14. The Bertz CT molecular complexity index is 290. The average molecular weight is 236 g/mol. The molecule has 2 atom stereocenters. The van der Waals surface area contributed by atoms with Crippen LogP contribution in [-0.2, 0) is 4.74 Å². The average Bonchev–Trinajstić information content (AvgIpc) is 2.39. The molecule has 17 heavy (non-hydrogen) atoms. The maximum Gasteiger partial charge on any atom is 0.0587 e. The Morgan fingerprint density at radius 1 is 1.24 bits per heavy atom. The molecule has 1 aromatic carbocycles. The van der Waals surface area contributed by atoms with Gasteiger partial charge in [-0.25, -0.2) is 0 Å². The molecular formula is C14H24N2O. The summed E-state index contributed by atoms with van der Waals surface area (Å²) in [5.41, 5.74) is 1.33. The van der Waals surface area contributed by atoms with E-state index in [1.165, 1.54) is 5.56 Å². The molecule has 3 nitrogen and oxygen atoms in total. The monoisotopic (exact) mass is 236 g/mol. The van der Waals surface area contributed by atoms with E-state index in [4.69, 9.17) is 4.74 Å². The van der Waals surface area contributed by atoms with E-state index >= 15 is 0 Å². The van der Waals surface area contributed by atoms with Crippen LogP contribution in [0.2, 0.25) is 0 Å². The summed E-state index contributed by atoms with van der Waals surface area (Å²) in [6.07, 6.45) is 1.09. The Balaban J connectivity index is 2.63. The van der Waals surface area contributed by atoms with Gasteiger partial charge in [-0.3, -0.25) is 0 Å². The zero-order chi connectivity index (χ0) is 12.5. The molecule has 0 saturated heterocycles.